The molecule has 3 N–H and O–H groups in total. The van der Waals surface area contributed by atoms with Gasteiger partial charge in [-0.25, -0.2) is 4.57 Å². The summed E-state index contributed by atoms with van der Waals surface area (Å²) in [7, 11) is -3.88. The van der Waals surface area contributed by atoms with Gasteiger partial charge >= 0.3 is 7.82 Å². The molecule has 1 aliphatic rings. The minimum absolute atomic E-state index is 0.0505. The van der Waals surface area contributed by atoms with Gasteiger partial charge in [-0.2, -0.15) is 0 Å². The molecule has 1 unspecified atom stereocenters. The highest BCUT2D eigenvalue weighted by atomic mass is 31.2. The quantitative estimate of drug-likeness (QED) is 0.686. The van der Waals surface area contributed by atoms with Gasteiger partial charge in [0, 0.05) is 6.54 Å². The fourth-order valence-electron chi connectivity index (χ4n) is 1.64. The number of rotatable bonds is 5. The maximum absolute atomic E-state index is 11.3. The SMILES string of the molecule is C[C@@H]1CCC[C@H]1OP(=O)(O)OCCN. The summed E-state index contributed by atoms with van der Waals surface area (Å²) in [5.74, 6) is 0.331. The minimum atomic E-state index is -3.88. The molecule has 0 amide bonds. The van der Waals surface area contributed by atoms with Gasteiger partial charge in [0.1, 0.15) is 0 Å². The zero-order valence-electron chi connectivity index (χ0n) is 8.39. The summed E-state index contributed by atoms with van der Waals surface area (Å²) in [6, 6.07) is 0. The van der Waals surface area contributed by atoms with Crippen LogP contribution in [0.4, 0.5) is 0 Å². The number of nitrogens with two attached hydrogens (primary N) is 1. The van der Waals surface area contributed by atoms with E-state index in [1.165, 1.54) is 0 Å². The van der Waals surface area contributed by atoms with Crippen LogP contribution in [0, 0.1) is 5.92 Å². The zero-order valence-corrected chi connectivity index (χ0v) is 9.28. The Morgan fingerprint density at radius 3 is 2.79 bits per heavy atom. The Balaban J connectivity index is 2.37. The lowest BCUT2D eigenvalue weighted by Gasteiger charge is -2.19. The lowest BCUT2D eigenvalue weighted by atomic mass is 10.1. The summed E-state index contributed by atoms with van der Waals surface area (Å²) < 4.78 is 21.0. The average molecular weight is 223 g/mol. The zero-order chi connectivity index (χ0) is 10.6. The Kier molecular flexibility index (Phi) is 4.54. The van der Waals surface area contributed by atoms with Gasteiger partial charge in [0.25, 0.3) is 0 Å². The minimum Gasteiger partial charge on any atom is -0.328 e. The van der Waals surface area contributed by atoms with E-state index in [1.807, 2.05) is 6.92 Å². The number of hydrogen-bond acceptors (Lipinski definition) is 4. The van der Waals surface area contributed by atoms with Crippen LogP contribution in [0.2, 0.25) is 0 Å². The first-order valence-electron chi connectivity index (χ1n) is 4.91. The highest BCUT2D eigenvalue weighted by Gasteiger charge is 2.32. The highest BCUT2D eigenvalue weighted by Crippen LogP contribution is 2.47. The standard InChI is InChI=1S/C8H18NO4P/c1-7-3-2-4-8(7)13-14(10,11)12-6-5-9/h7-8H,2-6,9H2,1H3,(H,10,11)/t7-,8-/m1/s1. The van der Waals surface area contributed by atoms with Crippen molar-refractivity contribution < 1.29 is 18.5 Å². The molecular weight excluding hydrogens is 205 g/mol. The van der Waals surface area contributed by atoms with E-state index >= 15 is 0 Å². The summed E-state index contributed by atoms with van der Waals surface area (Å²) in [5, 5.41) is 0. The van der Waals surface area contributed by atoms with Gasteiger partial charge < -0.3 is 10.6 Å². The molecule has 0 heterocycles. The predicted molar refractivity (Wildman–Crippen MR) is 52.7 cm³/mol. The molecule has 3 atom stereocenters. The van der Waals surface area contributed by atoms with Crippen molar-refractivity contribution in [2.45, 2.75) is 32.3 Å². The third-order valence-electron chi connectivity index (χ3n) is 2.42. The highest BCUT2D eigenvalue weighted by molar-refractivity contribution is 7.47. The predicted octanol–water partition coefficient (Wildman–Crippen LogP) is 1.27. The van der Waals surface area contributed by atoms with Gasteiger partial charge in [-0.3, -0.25) is 9.05 Å². The third-order valence-corrected chi connectivity index (χ3v) is 3.47. The molecule has 0 aromatic heterocycles. The van der Waals surface area contributed by atoms with Crippen molar-refractivity contribution in [1.82, 2.24) is 0 Å². The van der Waals surface area contributed by atoms with Crippen LogP contribution in [-0.2, 0) is 13.6 Å². The van der Waals surface area contributed by atoms with E-state index in [0.717, 1.165) is 19.3 Å². The Bertz CT molecular complexity index is 223. The number of phosphoric ester groups is 1. The Morgan fingerprint density at radius 2 is 2.29 bits per heavy atom. The molecule has 84 valence electrons. The maximum Gasteiger partial charge on any atom is 0.472 e. The molecule has 1 saturated carbocycles. The lowest BCUT2D eigenvalue weighted by molar-refractivity contribution is 0.0888. The molecular formula is C8H18NO4P. The van der Waals surface area contributed by atoms with Crippen LogP contribution in [0.5, 0.6) is 0 Å². The van der Waals surface area contributed by atoms with E-state index in [4.69, 9.17) is 10.3 Å². The van der Waals surface area contributed by atoms with Crippen molar-refractivity contribution in [3.63, 3.8) is 0 Å². The van der Waals surface area contributed by atoms with Crippen LogP contribution in [-0.4, -0.2) is 24.1 Å². The van der Waals surface area contributed by atoms with E-state index in [0.29, 0.717) is 5.92 Å². The molecule has 0 bridgehead atoms. The van der Waals surface area contributed by atoms with E-state index in [9.17, 15) is 9.46 Å². The van der Waals surface area contributed by atoms with Gasteiger partial charge in [0.05, 0.1) is 12.7 Å². The second-order valence-electron chi connectivity index (χ2n) is 3.64. The first kappa shape index (κ1) is 12.1. The third kappa shape index (κ3) is 3.67. The van der Waals surface area contributed by atoms with Crippen LogP contribution in [0.15, 0.2) is 0 Å². The molecule has 0 saturated heterocycles. The summed E-state index contributed by atoms with van der Waals surface area (Å²) in [4.78, 5) is 9.28. The molecule has 6 heteroatoms. The molecule has 0 radical (unpaired) electrons. The Morgan fingerprint density at radius 1 is 1.57 bits per heavy atom. The second-order valence-corrected chi connectivity index (χ2v) is 5.05. The van der Waals surface area contributed by atoms with Crippen molar-refractivity contribution in [3.8, 4) is 0 Å². The Labute approximate surface area is 84.2 Å². The van der Waals surface area contributed by atoms with E-state index in [-0.39, 0.29) is 19.3 Å². The van der Waals surface area contributed by atoms with E-state index in [2.05, 4.69) is 4.52 Å². The molecule has 1 fully saturated rings. The largest absolute Gasteiger partial charge is 0.472 e. The normalized spacial score (nSPS) is 31.6. The second kappa shape index (κ2) is 5.24. The summed E-state index contributed by atoms with van der Waals surface area (Å²) in [6.07, 6.45) is 2.77. The summed E-state index contributed by atoms with van der Waals surface area (Å²) in [5.41, 5.74) is 5.16. The van der Waals surface area contributed by atoms with E-state index < -0.39 is 7.82 Å². The topological polar surface area (TPSA) is 81.8 Å². The van der Waals surface area contributed by atoms with Crippen molar-refractivity contribution in [3.05, 3.63) is 0 Å². The molecule has 0 aliphatic heterocycles. The van der Waals surface area contributed by atoms with Crippen molar-refractivity contribution in [2.24, 2.45) is 11.7 Å². The molecule has 0 aromatic carbocycles. The van der Waals surface area contributed by atoms with Crippen molar-refractivity contribution in [1.29, 1.82) is 0 Å². The van der Waals surface area contributed by atoms with Crippen molar-refractivity contribution >= 4 is 7.82 Å². The average Bonchev–Trinajstić information content (AvgIpc) is 2.48. The molecule has 1 rings (SSSR count). The smallest absolute Gasteiger partial charge is 0.328 e. The summed E-state index contributed by atoms with van der Waals surface area (Å²) >= 11 is 0. The van der Waals surface area contributed by atoms with Gasteiger partial charge in [-0.05, 0) is 18.8 Å². The molecule has 0 spiro atoms. The van der Waals surface area contributed by atoms with Crippen LogP contribution >= 0.6 is 7.82 Å². The Hall–Kier alpha value is 0.0700. The van der Waals surface area contributed by atoms with Crippen LogP contribution in [0.3, 0.4) is 0 Å². The lowest BCUT2D eigenvalue weighted by Crippen LogP contribution is -2.16. The molecule has 5 nitrogen and oxygen atoms in total. The number of hydrogen-bond donors (Lipinski definition) is 2. The van der Waals surface area contributed by atoms with Gasteiger partial charge in [-0.1, -0.05) is 13.3 Å². The first-order valence-corrected chi connectivity index (χ1v) is 6.40. The van der Waals surface area contributed by atoms with Crippen LogP contribution in [0.25, 0.3) is 0 Å². The first-order chi connectivity index (χ1) is 6.55. The number of phosphoric acid groups is 1. The molecule has 14 heavy (non-hydrogen) atoms. The molecule has 1 aliphatic carbocycles. The fraction of sp³-hybridized carbons (Fsp3) is 1.00. The van der Waals surface area contributed by atoms with Crippen molar-refractivity contribution in [2.75, 3.05) is 13.2 Å². The summed E-state index contributed by atoms with van der Waals surface area (Å²) in [6.45, 7) is 2.28. The van der Waals surface area contributed by atoms with Crippen LogP contribution in [0.1, 0.15) is 26.2 Å². The fourth-order valence-corrected chi connectivity index (χ4v) is 2.69. The monoisotopic (exact) mass is 223 g/mol. The van der Waals surface area contributed by atoms with Gasteiger partial charge in [0.15, 0.2) is 0 Å². The molecule has 0 aromatic rings. The van der Waals surface area contributed by atoms with Crippen LogP contribution < -0.4 is 5.73 Å². The maximum atomic E-state index is 11.3. The van der Waals surface area contributed by atoms with E-state index in [1.54, 1.807) is 0 Å². The van der Waals surface area contributed by atoms with Gasteiger partial charge in [-0.15, -0.1) is 0 Å². The van der Waals surface area contributed by atoms with Gasteiger partial charge in [0.2, 0.25) is 0 Å².